The van der Waals surface area contributed by atoms with Crippen LogP contribution in [0.15, 0.2) is 62.9 Å². The lowest BCUT2D eigenvalue weighted by Gasteiger charge is -2.34. The number of sulfonamides is 1. The predicted octanol–water partition coefficient (Wildman–Crippen LogP) is 0.634. The Hall–Kier alpha value is -3.64. The van der Waals surface area contributed by atoms with Crippen LogP contribution in [0.3, 0.4) is 0 Å². The van der Waals surface area contributed by atoms with Gasteiger partial charge >= 0.3 is 5.76 Å². The average molecular weight is 471 g/mol. The molecule has 1 aliphatic heterocycles. The number of Topliss-reactive ketones (excluding diaryl/α,β-unsaturated/α-hetero) is 1. The van der Waals surface area contributed by atoms with Crippen molar-refractivity contribution in [3.05, 3.63) is 64.8 Å². The largest absolute Gasteiger partial charge is 0.442 e. The van der Waals surface area contributed by atoms with Crippen LogP contribution in [0.25, 0.3) is 11.5 Å². The van der Waals surface area contributed by atoms with Crippen molar-refractivity contribution in [2.24, 2.45) is 0 Å². The Morgan fingerprint density at radius 3 is 2.33 bits per heavy atom. The van der Waals surface area contributed by atoms with Gasteiger partial charge in [-0.15, -0.1) is 0 Å². The smallest absolute Gasteiger partial charge is 0.338 e. The van der Waals surface area contributed by atoms with E-state index in [0.717, 1.165) is 4.57 Å². The van der Waals surface area contributed by atoms with Gasteiger partial charge in [0.2, 0.25) is 21.8 Å². The second-order valence-electron chi connectivity index (χ2n) is 7.44. The molecular formula is C21H21N5O6S. The molecule has 0 N–H and O–H groups in total. The third kappa shape index (κ3) is 4.61. The highest BCUT2D eigenvalue weighted by Gasteiger charge is 2.31. The van der Waals surface area contributed by atoms with Crippen LogP contribution in [0.5, 0.6) is 0 Å². The molecule has 1 amide bonds. The first-order valence-electron chi connectivity index (χ1n) is 10.1. The van der Waals surface area contributed by atoms with Crippen molar-refractivity contribution in [2.75, 3.05) is 26.2 Å². The number of hydrogen-bond acceptors (Lipinski definition) is 8. The van der Waals surface area contributed by atoms with E-state index in [2.05, 4.69) is 10.1 Å². The van der Waals surface area contributed by atoms with E-state index in [1.165, 1.54) is 46.6 Å². The third-order valence-electron chi connectivity index (χ3n) is 5.36. The number of benzene rings is 1. The molecule has 0 atom stereocenters. The highest BCUT2D eigenvalue weighted by Crippen LogP contribution is 2.19. The van der Waals surface area contributed by atoms with Crippen LogP contribution < -0.4 is 5.76 Å². The molecule has 1 fully saturated rings. The molecule has 0 bridgehead atoms. The average Bonchev–Trinajstić information content (AvgIpc) is 3.19. The fourth-order valence-electron chi connectivity index (χ4n) is 3.51. The predicted molar refractivity (Wildman–Crippen MR) is 116 cm³/mol. The van der Waals surface area contributed by atoms with E-state index >= 15 is 0 Å². The van der Waals surface area contributed by atoms with E-state index in [1.807, 2.05) is 0 Å². The van der Waals surface area contributed by atoms with Crippen molar-refractivity contribution in [1.29, 1.82) is 0 Å². The zero-order valence-electron chi connectivity index (χ0n) is 17.7. The van der Waals surface area contributed by atoms with Crippen LogP contribution in [-0.4, -0.2) is 70.2 Å². The SMILES string of the molecule is CC(=O)c1ccc(S(=O)(=O)N2CCN(C(=O)Cn3c(-c4ccccn4)noc3=O)CC2)cc1. The van der Waals surface area contributed by atoms with Gasteiger partial charge in [0.25, 0.3) is 0 Å². The first-order valence-corrected chi connectivity index (χ1v) is 11.6. The Bertz CT molecular complexity index is 1320. The first-order chi connectivity index (χ1) is 15.8. The number of carbonyl (C=O) groups excluding carboxylic acids is 2. The van der Waals surface area contributed by atoms with Crippen LogP contribution >= 0.6 is 0 Å². The molecule has 2 aromatic heterocycles. The summed E-state index contributed by atoms with van der Waals surface area (Å²) in [5.74, 6) is -1.15. The zero-order chi connectivity index (χ0) is 23.6. The van der Waals surface area contributed by atoms with Crippen LogP contribution in [0, 0.1) is 0 Å². The number of ketones is 1. The molecule has 0 saturated carbocycles. The number of rotatable bonds is 6. The van der Waals surface area contributed by atoms with Crippen molar-refractivity contribution in [1.82, 2.24) is 23.9 Å². The Morgan fingerprint density at radius 1 is 1.03 bits per heavy atom. The molecule has 1 aliphatic rings. The van der Waals surface area contributed by atoms with Gasteiger partial charge in [-0.1, -0.05) is 23.4 Å². The molecule has 1 aromatic carbocycles. The molecular weight excluding hydrogens is 450 g/mol. The lowest BCUT2D eigenvalue weighted by atomic mass is 10.2. The van der Waals surface area contributed by atoms with Gasteiger partial charge in [-0.3, -0.25) is 19.1 Å². The summed E-state index contributed by atoms with van der Waals surface area (Å²) < 4.78 is 32.9. The lowest BCUT2D eigenvalue weighted by molar-refractivity contribution is -0.133. The van der Waals surface area contributed by atoms with Crippen molar-refractivity contribution in [3.63, 3.8) is 0 Å². The fraction of sp³-hybridized carbons (Fsp3) is 0.286. The molecule has 11 nitrogen and oxygen atoms in total. The van der Waals surface area contributed by atoms with Crippen molar-refractivity contribution in [3.8, 4) is 11.5 Å². The molecule has 3 aromatic rings. The van der Waals surface area contributed by atoms with Gasteiger partial charge in [0.15, 0.2) is 5.78 Å². The molecule has 4 rings (SSSR count). The lowest BCUT2D eigenvalue weighted by Crippen LogP contribution is -2.51. The quantitative estimate of drug-likeness (QED) is 0.478. The Balaban J connectivity index is 1.42. The first kappa shape index (κ1) is 22.6. The maximum atomic E-state index is 12.9. The van der Waals surface area contributed by atoms with Crippen LogP contribution in [0.4, 0.5) is 0 Å². The second kappa shape index (κ2) is 9.08. The van der Waals surface area contributed by atoms with Gasteiger partial charge in [0, 0.05) is 37.9 Å². The number of pyridine rings is 1. The normalized spacial score (nSPS) is 14.9. The van der Waals surface area contributed by atoms with E-state index in [1.54, 1.807) is 18.2 Å². The van der Waals surface area contributed by atoms with E-state index in [4.69, 9.17) is 4.52 Å². The molecule has 172 valence electrons. The van der Waals surface area contributed by atoms with Gasteiger partial charge in [-0.25, -0.2) is 17.8 Å². The van der Waals surface area contributed by atoms with E-state index in [-0.39, 0.29) is 55.1 Å². The summed E-state index contributed by atoms with van der Waals surface area (Å²) in [5.41, 5.74) is 0.821. The molecule has 0 aliphatic carbocycles. The highest BCUT2D eigenvalue weighted by atomic mass is 32.2. The van der Waals surface area contributed by atoms with Crippen LogP contribution in [0.2, 0.25) is 0 Å². The van der Waals surface area contributed by atoms with Gasteiger partial charge in [0.05, 0.1) is 4.90 Å². The molecule has 33 heavy (non-hydrogen) atoms. The van der Waals surface area contributed by atoms with Crippen molar-refractivity contribution in [2.45, 2.75) is 18.4 Å². The third-order valence-corrected chi connectivity index (χ3v) is 7.28. The number of carbonyl (C=O) groups is 2. The summed E-state index contributed by atoms with van der Waals surface area (Å²) in [7, 11) is -3.76. The molecule has 3 heterocycles. The Kier molecular flexibility index (Phi) is 6.20. The summed E-state index contributed by atoms with van der Waals surface area (Å²) in [6.45, 7) is 1.66. The minimum atomic E-state index is -3.76. The topological polar surface area (TPSA) is 136 Å². The summed E-state index contributed by atoms with van der Waals surface area (Å²) >= 11 is 0. The highest BCUT2D eigenvalue weighted by molar-refractivity contribution is 7.89. The van der Waals surface area contributed by atoms with Crippen molar-refractivity contribution >= 4 is 21.7 Å². The minimum Gasteiger partial charge on any atom is -0.338 e. The van der Waals surface area contributed by atoms with Gasteiger partial charge < -0.3 is 4.90 Å². The Labute approximate surface area is 189 Å². The zero-order valence-corrected chi connectivity index (χ0v) is 18.6. The number of aromatic nitrogens is 3. The van der Waals surface area contributed by atoms with Crippen LogP contribution in [0.1, 0.15) is 17.3 Å². The maximum absolute atomic E-state index is 12.9. The number of nitrogens with zero attached hydrogens (tertiary/aromatic N) is 5. The summed E-state index contributed by atoms with van der Waals surface area (Å²) in [6.07, 6.45) is 1.54. The number of piperazine rings is 1. The second-order valence-corrected chi connectivity index (χ2v) is 9.38. The van der Waals surface area contributed by atoms with Crippen molar-refractivity contribution < 1.29 is 22.5 Å². The number of hydrogen-bond donors (Lipinski definition) is 0. The van der Waals surface area contributed by atoms with E-state index in [9.17, 15) is 22.8 Å². The summed E-state index contributed by atoms with van der Waals surface area (Å²) in [4.78, 5) is 42.0. The van der Waals surface area contributed by atoms with Gasteiger partial charge in [-0.05, 0) is 31.2 Å². The van der Waals surface area contributed by atoms with Gasteiger partial charge in [-0.2, -0.15) is 4.31 Å². The summed E-state index contributed by atoms with van der Waals surface area (Å²) in [6, 6.07) is 10.8. The van der Waals surface area contributed by atoms with Gasteiger partial charge in [0.1, 0.15) is 12.2 Å². The Morgan fingerprint density at radius 2 is 1.73 bits per heavy atom. The molecule has 0 spiro atoms. The molecule has 1 saturated heterocycles. The summed E-state index contributed by atoms with van der Waals surface area (Å²) in [5, 5.41) is 3.71. The van der Waals surface area contributed by atoms with E-state index < -0.39 is 15.8 Å². The maximum Gasteiger partial charge on any atom is 0.442 e. The van der Waals surface area contributed by atoms with Crippen LogP contribution in [-0.2, 0) is 21.4 Å². The monoisotopic (exact) mass is 471 g/mol. The molecule has 0 radical (unpaired) electrons. The molecule has 0 unspecified atom stereocenters. The number of amides is 1. The molecule has 12 heteroatoms. The fourth-order valence-corrected chi connectivity index (χ4v) is 4.93. The minimum absolute atomic E-state index is 0.0864. The standard InChI is InChI=1S/C21H21N5O6S/c1-15(27)16-5-7-17(8-6-16)33(30,31)25-12-10-24(11-13-25)19(28)14-26-20(23-32-21(26)29)18-4-2-3-9-22-18/h2-9H,10-14H2,1H3. The van der Waals surface area contributed by atoms with E-state index in [0.29, 0.717) is 11.3 Å².